The van der Waals surface area contributed by atoms with Crippen molar-refractivity contribution in [1.29, 1.82) is 0 Å². The van der Waals surface area contributed by atoms with E-state index in [2.05, 4.69) is 26.8 Å². The largest absolute Gasteiger partial charge is 0.443 e. The fraction of sp³-hybridized carbons (Fsp3) is 0.462. The zero-order valence-electron chi connectivity index (χ0n) is 11.8. The molecule has 0 aromatic heterocycles. The van der Waals surface area contributed by atoms with Gasteiger partial charge in [-0.05, 0) is 38.5 Å². The predicted octanol–water partition coefficient (Wildman–Crippen LogP) is 4.00. The lowest BCUT2D eigenvalue weighted by atomic mass is 10.1. The number of carbonyl (C=O) groups excluding carboxylic acids is 1. The lowest BCUT2D eigenvalue weighted by Gasteiger charge is -2.20. The van der Waals surface area contributed by atoms with Crippen molar-refractivity contribution in [3.05, 3.63) is 33.8 Å². The fourth-order valence-electron chi connectivity index (χ4n) is 1.48. The van der Waals surface area contributed by atoms with Crippen molar-refractivity contribution in [1.82, 2.24) is 10.9 Å². The molecule has 0 fully saturated rings. The molecule has 0 spiro atoms. The van der Waals surface area contributed by atoms with Crippen molar-refractivity contribution in [2.24, 2.45) is 0 Å². The number of amides is 1. The first kappa shape index (κ1) is 17.8. The molecule has 0 aliphatic heterocycles. The molecule has 0 aliphatic carbocycles. The second-order valence-electron chi connectivity index (χ2n) is 5.28. The van der Waals surface area contributed by atoms with Gasteiger partial charge in [0.05, 0.1) is 5.56 Å². The van der Waals surface area contributed by atoms with E-state index < -0.39 is 23.4 Å². The zero-order chi connectivity index (χ0) is 16.3. The van der Waals surface area contributed by atoms with Gasteiger partial charge in [-0.15, -0.1) is 0 Å². The van der Waals surface area contributed by atoms with Gasteiger partial charge in [-0.2, -0.15) is 13.2 Å². The van der Waals surface area contributed by atoms with E-state index in [0.717, 1.165) is 6.07 Å². The van der Waals surface area contributed by atoms with Crippen molar-refractivity contribution >= 4 is 22.0 Å². The molecule has 1 rings (SSSR count). The lowest BCUT2D eigenvalue weighted by Crippen LogP contribution is -2.41. The summed E-state index contributed by atoms with van der Waals surface area (Å²) in [5.41, 5.74) is 3.17. The number of carbonyl (C=O) groups is 1. The molecule has 118 valence electrons. The van der Waals surface area contributed by atoms with Gasteiger partial charge in [0.1, 0.15) is 5.60 Å². The maximum Gasteiger partial charge on any atom is 0.422 e. The maximum atomic E-state index is 12.9. The van der Waals surface area contributed by atoms with Gasteiger partial charge in [-0.3, -0.25) is 5.43 Å². The molecule has 0 atom stereocenters. The fourth-order valence-corrected chi connectivity index (χ4v) is 1.84. The van der Waals surface area contributed by atoms with E-state index in [0.29, 0.717) is 4.47 Å². The Balaban J connectivity index is 2.66. The van der Waals surface area contributed by atoms with Crippen LogP contribution in [0.5, 0.6) is 0 Å². The van der Waals surface area contributed by atoms with Gasteiger partial charge in [-0.1, -0.05) is 22.0 Å². The average molecular weight is 369 g/mol. The summed E-state index contributed by atoms with van der Waals surface area (Å²) in [6, 6.07) is 3.82. The number of ether oxygens (including phenoxy) is 1. The Labute approximate surface area is 129 Å². The number of nitrogens with one attached hydrogen (secondary N) is 2. The SMILES string of the molecule is CC(C)(C)OC(=O)NNCc1ccc(Br)cc1C(F)(F)F. The number of benzene rings is 1. The van der Waals surface area contributed by atoms with Crippen LogP contribution in [0.3, 0.4) is 0 Å². The van der Waals surface area contributed by atoms with Crippen LogP contribution in [0, 0.1) is 0 Å². The highest BCUT2D eigenvalue weighted by atomic mass is 79.9. The molecule has 0 saturated heterocycles. The van der Waals surface area contributed by atoms with Gasteiger partial charge in [0.25, 0.3) is 0 Å². The minimum Gasteiger partial charge on any atom is -0.443 e. The second-order valence-corrected chi connectivity index (χ2v) is 6.20. The summed E-state index contributed by atoms with van der Waals surface area (Å²) in [4.78, 5) is 11.4. The molecule has 8 heteroatoms. The second kappa shape index (κ2) is 6.65. The van der Waals surface area contributed by atoms with Crippen LogP contribution >= 0.6 is 15.9 Å². The van der Waals surface area contributed by atoms with Crippen LogP contribution < -0.4 is 10.9 Å². The average Bonchev–Trinajstić information content (AvgIpc) is 2.27. The molecule has 1 aromatic carbocycles. The lowest BCUT2D eigenvalue weighted by molar-refractivity contribution is -0.138. The number of hydrogen-bond donors (Lipinski definition) is 2. The molecule has 1 aromatic rings. The monoisotopic (exact) mass is 368 g/mol. The van der Waals surface area contributed by atoms with Crippen molar-refractivity contribution < 1.29 is 22.7 Å². The van der Waals surface area contributed by atoms with E-state index in [1.54, 1.807) is 20.8 Å². The third-order valence-electron chi connectivity index (χ3n) is 2.25. The third-order valence-corrected chi connectivity index (χ3v) is 2.74. The van der Waals surface area contributed by atoms with Crippen LogP contribution in [0.4, 0.5) is 18.0 Å². The van der Waals surface area contributed by atoms with E-state index in [-0.39, 0.29) is 12.1 Å². The Morgan fingerprint density at radius 2 is 1.90 bits per heavy atom. The van der Waals surface area contributed by atoms with E-state index >= 15 is 0 Å². The maximum absolute atomic E-state index is 12.9. The van der Waals surface area contributed by atoms with Crippen LogP contribution in [0.25, 0.3) is 0 Å². The number of alkyl halides is 3. The molecule has 0 bridgehead atoms. The van der Waals surface area contributed by atoms with Gasteiger partial charge in [0.2, 0.25) is 0 Å². The smallest absolute Gasteiger partial charge is 0.422 e. The van der Waals surface area contributed by atoms with Crippen molar-refractivity contribution in [2.45, 2.75) is 39.1 Å². The molecule has 0 saturated carbocycles. The van der Waals surface area contributed by atoms with E-state index in [4.69, 9.17) is 4.74 Å². The summed E-state index contributed by atoms with van der Waals surface area (Å²) >= 11 is 3.00. The molecule has 1 amide bonds. The Hall–Kier alpha value is -1.28. The van der Waals surface area contributed by atoms with Crippen LogP contribution in [-0.2, 0) is 17.5 Å². The highest BCUT2D eigenvalue weighted by molar-refractivity contribution is 9.10. The topological polar surface area (TPSA) is 50.4 Å². The number of halogens is 4. The molecule has 0 radical (unpaired) electrons. The Bertz CT molecular complexity index is 513. The number of hydrogen-bond acceptors (Lipinski definition) is 3. The molecular weight excluding hydrogens is 353 g/mol. The van der Waals surface area contributed by atoms with Gasteiger partial charge in [0.15, 0.2) is 0 Å². The Morgan fingerprint density at radius 1 is 1.29 bits per heavy atom. The highest BCUT2D eigenvalue weighted by Crippen LogP contribution is 2.33. The molecule has 2 N–H and O–H groups in total. The summed E-state index contributed by atoms with van der Waals surface area (Å²) in [5.74, 6) is 0. The highest BCUT2D eigenvalue weighted by Gasteiger charge is 2.33. The van der Waals surface area contributed by atoms with Gasteiger partial charge in [-0.25, -0.2) is 10.2 Å². The van der Waals surface area contributed by atoms with Gasteiger partial charge < -0.3 is 4.74 Å². The summed E-state index contributed by atoms with van der Waals surface area (Å²) < 4.78 is 43.9. The first-order valence-corrected chi connectivity index (χ1v) is 6.86. The first-order chi connectivity index (χ1) is 9.49. The first-order valence-electron chi connectivity index (χ1n) is 6.06. The van der Waals surface area contributed by atoms with Crippen molar-refractivity contribution in [3.63, 3.8) is 0 Å². The van der Waals surface area contributed by atoms with Gasteiger partial charge in [0, 0.05) is 11.0 Å². The van der Waals surface area contributed by atoms with Crippen LogP contribution in [0.15, 0.2) is 22.7 Å². The molecule has 0 unspecified atom stereocenters. The minimum atomic E-state index is -4.47. The van der Waals surface area contributed by atoms with Crippen molar-refractivity contribution in [2.75, 3.05) is 0 Å². The Morgan fingerprint density at radius 3 is 2.43 bits per heavy atom. The van der Waals surface area contributed by atoms with Crippen LogP contribution in [0.2, 0.25) is 0 Å². The molecular formula is C13H16BrF3N2O2. The quantitative estimate of drug-likeness (QED) is 0.792. The molecule has 0 heterocycles. The standard InChI is InChI=1S/C13H16BrF3N2O2/c1-12(2,3)21-11(20)19-18-7-8-4-5-9(14)6-10(8)13(15,16)17/h4-6,18H,7H2,1-3H3,(H,19,20). The molecule has 0 aliphatic rings. The van der Waals surface area contributed by atoms with E-state index in [9.17, 15) is 18.0 Å². The zero-order valence-corrected chi connectivity index (χ0v) is 13.4. The van der Waals surface area contributed by atoms with E-state index in [1.165, 1.54) is 12.1 Å². The third kappa shape index (κ3) is 6.34. The molecule has 21 heavy (non-hydrogen) atoms. The summed E-state index contributed by atoms with van der Waals surface area (Å²) in [5, 5.41) is 0. The number of hydrazine groups is 1. The van der Waals surface area contributed by atoms with E-state index in [1.807, 2.05) is 0 Å². The number of rotatable bonds is 3. The molecule has 4 nitrogen and oxygen atoms in total. The summed E-state index contributed by atoms with van der Waals surface area (Å²) in [7, 11) is 0. The van der Waals surface area contributed by atoms with Crippen LogP contribution in [0.1, 0.15) is 31.9 Å². The predicted molar refractivity (Wildman–Crippen MR) is 75.4 cm³/mol. The van der Waals surface area contributed by atoms with Crippen molar-refractivity contribution in [3.8, 4) is 0 Å². The normalized spacial score (nSPS) is 12.1. The summed E-state index contributed by atoms with van der Waals surface area (Å²) in [6.07, 6.45) is -5.22. The summed E-state index contributed by atoms with van der Waals surface area (Å²) in [6.45, 7) is 4.87. The van der Waals surface area contributed by atoms with Crippen LogP contribution in [-0.4, -0.2) is 11.7 Å². The minimum absolute atomic E-state index is 0.0155. The Kier molecular flexibility index (Phi) is 5.63. The van der Waals surface area contributed by atoms with Gasteiger partial charge >= 0.3 is 12.3 Å².